The molecule has 0 radical (unpaired) electrons. The van der Waals surface area contributed by atoms with E-state index in [9.17, 15) is 9.36 Å². The zero-order chi connectivity index (χ0) is 15.8. The summed E-state index contributed by atoms with van der Waals surface area (Å²) < 4.78 is 16.0. The highest BCUT2D eigenvalue weighted by atomic mass is 31.2. The smallest absolute Gasteiger partial charge is 0.380 e. The van der Waals surface area contributed by atoms with Crippen LogP contribution in [0.25, 0.3) is 0 Å². The maximum Gasteiger partial charge on any atom is 0.380 e. The van der Waals surface area contributed by atoms with Gasteiger partial charge in [-0.3, -0.25) is 4.57 Å². The Balaban J connectivity index is 0.000000796. The van der Waals surface area contributed by atoms with Crippen molar-refractivity contribution < 1.29 is 29.0 Å². The molecule has 0 amide bonds. The lowest BCUT2D eigenvalue weighted by Crippen LogP contribution is -2.41. The van der Waals surface area contributed by atoms with Gasteiger partial charge in [-0.15, -0.1) is 0 Å². The molecule has 0 heterocycles. The quantitative estimate of drug-likeness (QED) is 0.723. The summed E-state index contributed by atoms with van der Waals surface area (Å²) in [6.07, 6.45) is 2.64. The fourth-order valence-corrected chi connectivity index (χ4v) is 1.42. The van der Waals surface area contributed by atoms with Crippen LogP contribution in [0, 0.1) is 0 Å². The summed E-state index contributed by atoms with van der Waals surface area (Å²) in [5.41, 5.74) is 0. The fourth-order valence-electron chi connectivity index (χ4n) is 0.946. The second kappa shape index (κ2) is 8.04. The molecular formula is C13H21O6P. The van der Waals surface area contributed by atoms with Crippen LogP contribution in [0.3, 0.4) is 0 Å². The molecule has 3 N–H and O–H groups in total. The van der Waals surface area contributed by atoms with Gasteiger partial charge < -0.3 is 19.6 Å². The summed E-state index contributed by atoms with van der Waals surface area (Å²) in [5.74, 6) is -1.64. The first-order chi connectivity index (χ1) is 9.19. The topological polar surface area (TPSA) is 104 Å². The molecule has 0 fully saturated rings. The number of para-hydroxylation sites is 1. The number of carbonyl (C=O) groups is 1. The molecule has 1 unspecified atom stereocenters. The third kappa shape index (κ3) is 5.33. The van der Waals surface area contributed by atoms with Gasteiger partial charge in [0.25, 0.3) is 0 Å². The SMILES string of the molecule is CC(Oc1ccccc1)(C(=O)O)P(=O)(O)O.CCCC. The molecular weight excluding hydrogens is 283 g/mol. The predicted octanol–water partition coefficient (Wildman–Crippen LogP) is 2.85. The number of ether oxygens (including phenoxy) is 1. The van der Waals surface area contributed by atoms with E-state index < -0.39 is 18.9 Å². The molecule has 0 saturated heterocycles. The minimum Gasteiger partial charge on any atom is -0.478 e. The highest BCUT2D eigenvalue weighted by Crippen LogP contribution is 2.51. The fraction of sp³-hybridized carbons (Fsp3) is 0.462. The molecule has 1 atom stereocenters. The van der Waals surface area contributed by atoms with Crippen LogP contribution in [0.15, 0.2) is 30.3 Å². The zero-order valence-corrected chi connectivity index (χ0v) is 12.7. The van der Waals surface area contributed by atoms with Crippen molar-refractivity contribution in [1.82, 2.24) is 0 Å². The minimum atomic E-state index is -4.93. The highest BCUT2D eigenvalue weighted by Gasteiger charge is 2.52. The first kappa shape index (κ1) is 18.6. The number of aliphatic carboxylic acids is 1. The molecule has 20 heavy (non-hydrogen) atoms. The molecule has 1 rings (SSSR count). The van der Waals surface area contributed by atoms with Crippen molar-refractivity contribution in [3.05, 3.63) is 30.3 Å². The minimum absolute atomic E-state index is 0.0794. The van der Waals surface area contributed by atoms with E-state index in [4.69, 9.17) is 19.6 Å². The van der Waals surface area contributed by atoms with Crippen LogP contribution in [0.4, 0.5) is 0 Å². The number of unbranched alkanes of at least 4 members (excludes halogenated alkanes) is 1. The van der Waals surface area contributed by atoms with Gasteiger partial charge in [0.1, 0.15) is 5.75 Å². The van der Waals surface area contributed by atoms with E-state index in [2.05, 4.69) is 13.8 Å². The second-order valence-electron chi connectivity index (χ2n) is 4.25. The van der Waals surface area contributed by atoms with E-state index in [1.165, 1.54) is 25.0 Å². The van der Waals surface area contributed by atoms with Crippen LogP contribution in [0.1, 0.15) is 33.6 Å². The van der Waals surface area contributed by atoms with E-state index in [0.717, 1.165) is 6.92 Å². The average molecular weight is 304 g/mol. The molecule has 0 aliphatic carbocycles. The first-order valence-electron chi connectivity index (χ1n) is 6.22. The van der Waals surface area contributed by atoms with Gasteiger partial charge in [0.2, 0.25) is 0 Å². The lowest BCUT2D eigenvalue weighted by atomic mass is 10.3. The van der Waals surface area contributed by atoms with E-state index in [1.54, 1.807) is 18.2 Å². The molecule has 1 aromatic rings. The molecule has 7 heteroatoms. The van der Waals surface area contributed by atoms with Crippen molar-refractivity contribution >= 4 is 13.6 Å². The Morgan fingerprint density at radius 2 is 1.65 bits per heavy atom. The van der Waals surface area contributed by atoms with Crippen molar-refractivity contribution in [3.8, 4) is 5.75 Å². The molecule has 0 bridgehead atoms. The van der Waals surface area contributed by atoms with E-state index in [0.29, 0.717) is 0 Å². The summed E-state index contributed by atoms with van der Waals surface area (Å²) in [7, 11) is -4.93. The molecule has 6 nitrogen and oxygen atoms in total. The maximum absolute atomic E-state index is 11.1. The molecule has 0 aliphatic rings. The summed E-state index contributed by atoms with van der Waals surface area (Å²) >= 11 is 0. The van der Waals surface area contributed by atoms with Crippen molar-refractivity contribution in [2.75, 3.05) is 0 Å². The Morgan fingerprint density at radius 3 is 1.95 bits per heavy atom. The Kier molecular flexibility index (Phi) is 7.50. The van der Waals surface area contributed by atoms with Gasteiger partial charge in [0.05, 0.1) is 0 Å². The maximum atomic E-state index is 11.1. The number of carboxylic acids is 1. The number of hydrogen-bond acceptors (Lipinski definition) is 3. The van der Waals surface area contributed by atoms with Crippen LogP contribution < -0.4 is 4.74 Å². The third-order valence-electron chi connectivity index (χ3n) is 2.51. The van der Waals surface area contributed by atoms with E-state index in [1.807, 2.05) is 0 Å². The van der Waals surface area contributed by atoms with Crippen molar-refractivity contribution in [2.24, 2.45) is 0 Å². The molecule has 0 saturated carbocycles. The van der Waals surface area contributed by atoms with Crippen LogP contribution >= 0.6 is 7.60 Å². The molecule has 114 valence electrons. The lowest BCUT2D eigenvalue weighted by molar-refractivity contribution is -0.148. The second-order valence-corrected chi connectivity index (χ2v) is 6.19. The van der Waals surface area contributed by atoms with Crippen molar-refractivity contribution in [1.29, 1.82) is 0 Å². The van der Waals surface area contributed by atoms with Gasteiger partial charge >= 0.3 is 18.9 Å². The normalized spacial score (nSPS) is 13.7. The Hall–Kier alpha value is -1.36. The van der Waals surface area contributed by atoms with Gasteiger partial charge in [-0.25, -0.2) is 4.79 Å². The summed E-state index contributed by atoms with van der Waals surface area (Å²) in [4.78, 5) is 28.8. The van der Waals surface area contributed by atoms with Crippen LogP contribution in [-0.2, 0) is 9.36 Å². The zero-order valence-electron chi connectivity index (χ0n) is 11.8. The Morgan fingerprint density at radius 1 is 1.20 bits per heavy atom. The van der Waals surface area contributed by atoms with Crippen LogP contribution in [0.2, 0.25) is 0 Å². The van der Waals surface area contributed by atoms with E-state index >= 15 is 0 Å². The number of rotatable bonds is 5. The van der Waals surface area contributed by atoms with Gasteiger partial charge in [0, 0.05) is 0 Å². The first-order valence-corrected chi connectivity index (χ1v) is 7.83. The summed E-state index contributed by atoms with van der Waals surface area (Å²) in [6.45, 7) is 5.20. The van der Waals surface area contributed by atoms with Crippen LogP contribution in [0.5, 0.6) is 5.75 Å². The Bertz CT molecular complexity index is 453. The van der Waals surface area contributed by atoms with E-state index in [-0.39, 0.29) is 5.75 Å². The van der Waals surface area contributed by atoms with Gasteiger partial charge in [-0.2, -0.15) is 0 Å². The van der Waals surface area contributed by atoms with Gasteiger partial charge in [0.15, 0.2) is 0 Å². The lowest BCUT2D eigenvalue weighted by Gasteiger charge is -2.26. The monoisotopic (exact) mass is 304 g/mol. The highest BCUT2D eigenvalue weighted by molar-refractivity contribution is 7.54. The predicted molar refractivity (Wildman–Crippen MR) is 75.7 cm³/mol. The molecule has 0 aromatic heterocycles. The third-order valence-corrected chi connectivity index (χ3v) is 3.91. The number of carboxylic acid groups (broad SMARTS) is 1. The standard InChI is InChI=1S/C9H11O6P.C4H10/c1-9(8(10)11,16(12,13)14)15-7-5-3-2-4-6-7;1-3-4-2/h2-6H,1H3,(H,10,11)(H2,12,13,14);3-4H2,1-2H3. The largest absolute Gasteiger partial charge is 0.478 e. The number of benzene rings is 1. The van der Waals surface area contributed by atoms with Crippen molar-refractivity contribution in [2.45, 2.75) is 39.0 Å². The van der Waals surface area contributed by atoms with Gasteiger partial charge in [-0.05, 0) is 19.1 Å². The molecule has 0 spiro atoms. The van der Waals surface area contributed by atoms with Crippen molar-refractivity contribution in [3.63, 3.8) is 0 Å². The average Bonchev–Trinajstić information content (AvgIpc) is 2.38. The van der Waals surface area contributed by atoms with Crippen LogP contribution in [-0.4, -0.2) is 26.2 Å². The summed E-state index contributed by atoms with van der Waals surface area (Å²) in [6, 6.07) is 7.63. The number of hydrogen-bond donors (Lipinski definition) is 3. The molecule has 0 aliphatic heterocycles. The summed E-state index contributed by atoms with van der Waals surface area (Å²) in [5, 5.41) is 6.24. The molecule has 1 aromatic carbocycles. The Labute approximate surface area is 118 Å². The van der Waals surface area contributed by atoms with Gasteiger partial charge in [-0.1, -0.05) is 44.9 Å².